The molecule has 1 amide bonds. The minimum atomic E-state index is -4.47. The van der Waals surface area contributed by atoms with Gasteiger partial charge in [0.2, 0.25) is 0 Å². The maximum atomic E-state index is 13.2. The molecule has 3 heterocycles. The number of carbonyl (C=O) groups excluding carboxylic acids is 1. The first-order valence-corrected chi connectivity index (χ1v) is 10.1. The quantitative estimate of drug-likeness (QED) is 0.751. The van der Waals surface area contributed by atoms with Crippen molar-refractivity contribution in [1.82, 2.24) is 15.2 Å². The minimum Gasteiger partial charge on any atom is -0.490 e. The Morgan fingerprint density at radius 3 is 2.58 bits per heavy atom. The van der Waals surface area contributed by atoms with Gasteiger partial charge in [0, 0.05) is 51.0 Å². The number of alkyl halides is 3. The third kappa shape index (κ3) is 4.14. The number of rotatable bonds is 4. The van der Waals surface area contributed by atoms with Crippen LogP contribution >= 0.6 is 0 Å². The molecule has 0 bridgehead atoms. The van der Waals surface area contributed by atoms with Gasteiger partial charge in [-0.1, -0.05) is 12.1 Å². The van der Waals surface area contributed by atoms with Crippen LogP contribution in [0.15, 0.2) is 36.7 Å². The molecule has 2 aliphatic heterocycles. The number of benzene rings is 1. The fraction of sp³-hybridized carbons (Fsp3) is 0.409. The smallest absolute Gasteiger partial charge is 0.419 e. The van der Waals surface area contributed by atoms with E-state index >= 15 is 0 Å². The summed E-state index contributed by atoms with van der Waals surface area (Å²) in [4.78, 5) is 18.0. The number of halogens is 3. The molecule has 1 atom stereocenters. The number of H-pyrrole nitrogens is 1. The lowest BCUT2D eigenvalue weighted by Crippen LogP contribution is -2.42. The first-order valence-electron chi connectivity index (χ1n) is 10.1. The van der Waals surface area contributed by atoms with Gasteiger partial charge in [-0.2, -0.15) is 13.2 Å². The summed E-state index contributed by atoms with van der Waals surface area (Å²) in [6.07, 6.45) is -0.854. The summed E-state index contributed by atoms with van der Waals surface area (Å²) in [6, 6.07) is 5.21. The van der Waals surface area contributed by atoms with Crippen molar-refractivity contribution >= 4 is 11.5 Å². The van der Waals surface area contributed by atoms with E-state index in [4.69, 9.17) is 9.47 Å². The fourth-order valence-electron chi connectivity index (χ4n) is 4.08. The minimum absolute atomic E-state index is 0.134. The van der Waals surface area contributed by atoms with Crippen LogP contribution in [0.25, 0.3) is 5.57 Å². The lowest BCUT2D eigenvalue weighted by molar-refractivity contribution is -0.139. The number of likely N-dealkylation sites (tertiary alicyclic amines) is 1. The number of hydrogen-bond donors (Lipinski definition) is 2. The van der Waals surface area contributed by atoms with Gasteiger partial charge in [-0.15, -0.1) is 0 Å². The molecule has 9 heteroatoms. The molecule has 0 saturated carbocycles. The van der Waals surface area contributed by atoms with Crippen molar-refractivity contribution < 1.29 is 27.4 Å². The van der Waals surface area contributed by atoms with Gasteiger partial charge in [0.15, 0.2) is 6.23 Å². The molecule has 2 N–H and O–H groups in total. The molecule has 1 aromatic heterocycles. The van der Waals surface area contributed by atoms with E-state index in [0.717, 1.165) is 22.9 Å². The molecular formula is C22H24F3N3O3. The average molecular weight is 435 g/mol. The lowest BCUT2D eigenvalue weighted by atomic mass is 10.00. The molecule has 6 nitrogen and oxygen atoms in total. The van der Waals surface area contributed by atoms with Gasteiger partial charge in [-0.25, -0.2) is 0 Å². The van der Waals surface area contributed by atoms with Crippen LogP contribution < -0.4 is 10.1 Å². The molecule has 1 unspecified atom stereocenters. The summed E-state index contributed by atoms with van der Waals surface area (Å²) >= 11 is 0. The van der Waals surface area contributed by atoms with E-state index in [1.165, 1.54) is 18.2 Å². The molecule has 4 rings (SSSR count). The molecule has 166 valence electrons. The lowest BCUT2D eigenvalue weighted by Gasteiger charge is -2.33. The van der Waals surface area contributed by atoms with Crippen molar-refractivity contribution in [3.63, 3.8) is 0 Å². The zero-order chi connectivity index (χ0) is 22.2. The van der Waals surface area contributed by atoms with Crippen LogP contribution in [0.2, 0.25) is 0 Å². The maximum Gasteiger partial charge on any atom is 0.419 e. The van der Waals surface area contributed by atoms with Crippen molar-refractivity contribution in [2.24, 2.45) is 0 Å². The van der Waals surface area contributed by atoms with Crippen LogP contribution in [0, 0.1) is 0 Å². The number of nitrogens with one attached hydrogen (secondary N) is 2. The number of fused-ring (bicyclic) bond motifs is 1. The van der Waals surface area contributed by atoms with E-state index in [-0.39, 0.29) is 17.8 Å². The van der Waals surface area contributed by atoms with E-state index in [9.17, 15) is 18.0 Å². The average Bonchev–Trinajstić information content (AvgIpc) is 3.20. The molecule has 2 aliphatic rings. The van der Waals surface area contributed by atoms with Crippen LogP contribution in [-0.2, 0) is 10.9 Å². The first kappa shape index (κ1) is 21.3. The van der Waals surface area contributed by atoms with Crippen molar-refractivity contribution in [1.29, 1.82) is 0 Å². The Hall–Kier alpha value is -2.94. The second kappa shape index (κ2) is 8.30. The van der Waals surface area contributed by atoms with Crippen molar-refractivity contribution in [3.8, 4) is 5.75 Å². The molecule has 1 fully saturated rings. The number of carbonyl (C=O) groups is 1. The summed E-state index contributed by atoms with van der Waals surface area (Å²) in [6.45, 7) is 2.74. The van der Waals surface area contributed by atoms with E-state index in [0.29, 0.717) is 31.5 Å². The predicted molar refractivity (Wildman–Crippen MR) is 108 cm³/mol. The first-order chi connectivity index (χ1) is 14.8. The Morgan fingerprint density at radius 2 is 1.90 bits per heavy atom. The predicted octanol–water partition coefficient (Wildman–Crippen LogP) is 4.33. The summed E-state index contributed by atoms with van der Waals surface area (Å²) in [7, 11) is 1.57. The van der Waals surface area contributed by atoms with E-state index in [2.05, 4.69) is 10.3 Å². The van der Waals surface area contributed by atoms with Crippen molar-refractivity contribution in [2.45, 2.75) is 38.3 Å². The number of piperidine rings is 1. The monoisotopic (exact) mass is 435 g/mol. The Bertz CT molecular complexity index is 991. The molecule has 0 spiro atoms. The highest BCUT2D eigenvalue weighted by Gasteiger charge is 2.36. The number of para-hydroxylation sites is 1. The van der Waals surface area contributed by atoms with E-state index in [1.54, 1.807) is 18.2 Å². The molecule has 2 aromatic rings. The third-order valence-corrected chi connectivity index (χ3v) is 5.71. The zero-order valence-electron chi connectivity index (χ0n) is 17.3. The number of amides is 1. The number of ether oxygens (including phenoxy) is 2. The number of allylic oxidation sites excluding steroid dienone is 1. The number of nitrogens with zero attached hydrogens (tertiary/aromatic N) is 1. The normalized spacial score (nSPS) is 19.5. The SMILES string of the molecule is COC1NC=C(C)c2[nH]cc(C(=O)N3CCC(Oc4ccccc4C(F)(F)F)CC3)c21. The fourth-order valence-corrected chi connectivity index (χ4v) is 4.08. The highest BCUT2D eigenvalue weighted by molar-refractivity contribution is 5.97. The Labute approximate surface area is 178 Å². The Kier molecular flexibility index (Phi) is 5.70. The highest BCUT2D eigenvalue weighted by Crippen LogP contribution is 2.37. The van der Waals surface area contributed by atoms with Gasteiger partial charge in [-0.3, -0.25) is 4.79 Å². The standard InChI is InChI=1S/C22H24F3N3O3/c1-13-11-27-20(30-2)18-15(12-26-19(13)18)21(29)28-9-7-14(8-10-28)31-17-6-4-3-5-16(17)22(23,24)25/h3-6,11-12,14,20,26-27H,7-10H2,1-2H3. The molecule has 0 radical (unpaired) electrons. The van der Waals surface area contributed by atoms with Gasteiger partial charge < -0.3 is 24.7 Å². The molecular weight excluding hydrogens is 411 g/mol. The van der Waals surface area contributed by atoms with Crippen LogP contribution in [0.3, 0.4) is 0 Å². The summed E-state index contributed by atoms with van der Waals surface area (Å²) in [5, 5.41) is 3.12. The summed E-state index contributed by atoms with van der Waals surface area (Å²) in [5.74, 6) is -0.305. The van der Waals surface area contributed by atoms with Crippen molar-refractivity contribution in [3.05, 3.63) is 59.0 Å². The molecule has 0 aliphatic carbocycles. The van der Waals surface area contributed by atoms with Crippen LogP contribution in [0.5, 0.6) is 5.75 Å². The zero-order valence-corrected chi connectivity index (χ0v) is 17.3. The Balaban J connectivity index is 1.44. The second-order valence-corrected chi connectivity index (χ2v) is 7.70. The van der Waals surface area contributed by atoms with Gasteiger partial charge in [0.1, 0.15) is 11.9 Å². The number of aromatic nitrogens is 1. The van der Waals surface area contributed by atoms with Gasteiger partial charge in [-0.05, 0) is 24.6 Å². The van der Waals surface area contributed by atoms with Gasteiger partial charge in [0.05, 0.1) is 16.8 Å². The molecule has 1 aromatic carbocycles. The van der Waals surface area contributed by atoms with Gasteiger partial charge in [0.25, 0.3) is 5.91 Å². The van der Waals surface area contributed by atoms with Crippen LogP contribution in [-0.4, -0.2) is 42.1 Å². The largest absolute Gasteiger partial charge is 0.490 e. The third-order valence-electron chi connectivity index (χ3n) is 5.71. The van der Waals surface area contributed by atoms with Crippen molar-refractivity contribution in [2.75, 3.05) is 20.2 Å². The second-order valence-electron chi connectivity index (χ2n) is 7.70. The number of methoxy groups -OCH3 is 1. The van der Waals surface area contributed by atoms with Gasteiger partial charge >= 0.3 is 6.18 Å². The summed E-state index contributed by atoms with van der Waals surface area (Å²) in [5.41, 5.74) is 2.34. The summed E-state index contributed by atoms with van der Waals surface area (Å²) < 4.78 is 50.7. The topological polar surface area (TPSA) is 66.6 Å². The van der Waals surface area contributed by atoms with E-state index in [1.807, 2.05) is 13.1 Å². The molecule has 1 saturated heterocycles. The molecule has 31 heavy (non-hydrogen) atoms. The Morgan fingerprint density at radius 1 is 1.19 bits per heavy atom. The number of hydrogen-bond acceptors (Lipinski definition) is 4. The van der Waals surface area contributed by atoms with Crippen LogP contribution in [0.1, 0.15) is 53.2 Å². The highest BCUT2D eigenvalue weighted by atomic mass is 19.4. The maximum absolute atomic E-state index is 13.2. The van der Waals surface area contributed by atoms with Crippen LogP contribution in [0.4, 0.5) is 13.2 Å². The number of aromatic amines is 1. The van der Waals surface area contributed by atoms with E-state index < -0.39 is 18.0 Å².